The number of hydrogen-bond acceptors (Lipinski definition) is 6. The van der Waals surface area contributed by atoms with Crippen molar-refractivity contribution in [3.63, 3.8) is 0 Å². The molecule has 1 amide bonds. The molecule has 148 valence electrons. The van der Waals surface area contributed by atoms with Gasteiger partial charge >= 0.3 is 0 Å². The number of benzene rings is 1. The SMILES string of the molecule is CO[C@@H](C1=Nc2cc(C)cnc2C1)c1ccc(NC(=O)c2cccc(C#N)c2)nc1. The molecule has 30 heavy (non-hydrogen) atoms. The van der Waals surface area contributed by atoms with Gasteiger partial charge < -0.3 is 10.1 Å². The van der Waals surface area contributed by atoms with Crippen LogP contribution in [0.15, 0.2) is 59.9 Å². The molecule has 0 bridgehead atoms. The number of carbonyl (C=O) groups is 1. The molecule has 1 aromatic carbocycles. The Morgan fingerprint density at radius 1 is 1.20 bits per heavy atom. The van der Waals surface area contributed by atoms with E-state index < -0.39 is 0 Å². The van der Waals surface area contributed by atoms with Gasteiger partial charge in [-0.05, 0) is 42.8 Å². The number of nitriles is 1. The normalized spacial score (nSPS) is 13.2. The Kier molecular flexibility index (Phi) is 5.33. The highest BCUT2D eigenvalue weighted by Gasteiger charge is 2.25. The first-order valence-corrected chi connectivity index (χ1v) is 9.40. The van der Waals surface area contributed by atoms with Crippen LogP contribution in [-0.2, 0) is 11.2 Å². The Labute approximate surface area is 174 Å². The van der Waals surface area contributed by atoms with Gasteiger partial charge in [0.1, 0.15) is 11.9 Å². The molecule has 2 aromatic heterocycles. The van der Waals surface area contributed by atoms with Crippen LogP contribution in [0.1, 0.15) is 38.8 Å². The van der Waals surface area contributed by atoms with E-state index in [-0.39, 0.29) is 12.0 Å². The van der Waals surface area contributed by atoms with Gasteiger partial charge in [-0.2, -0.15) is 5.26 Å². The van der Waals surface area contributed by atoms with E-state index in [1.807, 2.05) is 31.3 Å². The third-order valence-electron chi connectivity index (χ3n) is 4.82. The second kappa shape index (κ2) is 8.23. The Hall–Kier alpha value is -3.89. The van der Waals surface area contributed by atoms with Crippen molar-refractivity contribution in [2.24, 2.45) is 4.99 Å². The van der Waals surface area contributed by atoms with Gasteiger partial charge in [-0.25, -0.2) is 4.98 Å². The van der Waals surface area contributed by atoms with Crippen molar-refractivity contribution in [3.05, 3.63) is 82.8 Å². The fraction of sp³-hybridized carbons (Fsp3) is 0.174. The average molecular weight is 397 g/mol. The molecule has 4 rings (SSSR count). The summed E-state index contributed by atoms with van der Waals surface area (Å²) in [4.78, 5) is 25.9. The van der Waals surface area contributed by atoms with Gasteiger partial charge in [-0.15, -0.1) is 0 Å². The van der Waals surface area contributed by atoms with E-state index in [4.69, 9.17) is 15.0 Å². The van der Waals surface area contributed by atoms with E-state index in [1.165, 1.54) is 6.07 Å². The van der Waals surface area contributed by atoms with Crippen LogP contribution in [0, 0.1) is 18.3 Å². The van der Waals surface area contributed by atoms with Crippen molar-refractivity contribution < 1.29 is 9.53 Å². The van der Waals surface area contributed by atoms with Crippen molar-refractivity contribution in [2.75, 3.05) is 12.4 Å². The summed E-state index contributed by atoms with van der Waals surface area (Å²) in [5.41, 5.74) is 5.42. The smallest absolute Gasteiger partial charge is 0.256 e. The average Bonchev–Trinajstić information content (AvgIpc) is 3.18. The molecule has 0 saturated heterocycles. The summed E-state index contributed by atoms with van der Waals surface area (Å²) in [6, 6.07) is 14.1. The summed E-state index contributed by atoms with van der Waals surface area (Å²) in [6.45, 7) is 1.99. The number of nitrogens with zero attached hydrogens (tertiary/aromatic N) is 4. The van der Waals surface area contributed by atoms with Gasteiger partial charge in [0, 0.05) is 37.1 Å². The van der Waals surface area contributed by atoms with Crippen LogP contribution < -0.4 is 5.32 Å². The predicted molar refractivity (Wildman–Crippen MR) is 113 cm³/mol. The van der Waals surface area contributed by atoms with E-state index in [0.717, 1.165) is 28.2 Å². The highest BCUT2D eigenvalue weighted by atomic mass is 16.5. The molecule has 1 atom stereocenters. The van der Waals surface area contributed by atoms with Gasteiger partial charge in [0.25, 0.3) is 5.91 Å². The third-order valence-corrected chi connectivity index (χ3v) is 4.82. The van der Waals surface area contributed by atoms with Gasteiger partial charge in [-0.1, -0.05) is 12.1 Å². The molecule has 1 aliphatic rings. The summed E-state index contributed by atoms with van der Waals surface area (Å²) in [6.07, 6.45) is 3.79. The highest BCUT2D eigenvalue weighted by molar-refractivity contribution is 6.04. The number of pyridine rings is 2. The molecule has 0 unspecified atom stereocenters. The Balaban J connectivity index is 1.49. The molecule has 3 heterocycles. The Morgan fingerprint density at radius 2 is 2.07 bits per heavy atom. The number of fused-ring (bicyclic) bond motifs is 1. The first-order valence-electron chi connectivity index (χ1n) is 9.40. The van der Waals surface area contributed by atoms with Crippen molar-refractivity contribution in [1.82, 2.24) is 9.97 Å². The molecule has 7 nitrogen and oxygen atoms in total. The van der Waals surface area contributed by atoms with Crippen LogP contribution in [-0.4, -0.2) is 28.7 Å². The monoisotopic (exact) mass is 397 g/mol. The minimum absolute atomic E-state index is 0.326. The maximum absolute atomic E-state index is 12.4. The van der Waals surface area contributed by atoms with Crippen molar-refractivity contribution >= 4 is 23.1 Å². The number of ether oxygens (including phenoxy) is 1. The van der Waals surface area contributed by atoms with E-state index in [9.17, 15) is 4.79 Å². The molecule has 0 spiro atoms. The number of methoxy groups -OCH3 is 1. The van der Waals surface area contributed by atoms with Crippen LogP contribution in [0.25, 0.3) is 0 Å². The summed E-state index contributed by atoms with van der Waals surface area (Å²) in [5, 5.41) is 11.7. The Morgan fingerprint density at radius 3 is 2.80 bits per heavy atom. The van der Waals surface area contributed by atoms with E-state index in [0.29, 0.717) is 23.4 Å². The lowest BCUT2D eigenvalue weighted by atomic mass is 10.0. The van der Waals surface area contributed by atoms with Crippen LogP contribution >= 0.6 is 0 Å². The van der Waals surface area contributed by atoms with Crippen molar-refractivity contribution in [1.29, 1.82) is 5.26 Å². The highest BCUT2D eigenvalue weighted by Crippen LogP contribution is 2.31. The minimum atomic E-state index is -0.343. The first-order chi connectivity index (χ1) is 14.6. The van der Waals surface area contributed by atoms with Crippen LogP contribution in [0.3, 0.4) is 0 Å². The van der Waals surface area contributed by atoms with Gasteiger partial charge in [0.2, 0.25) is 0 Å². The standard InChI is InChI=1S/C23H19N5O2/c1-14-8-19-18(25-12-14)10-20(27-19)22(30-2)17-6-7-21(26-13-17)28-23(29)16-5-3-4-15(9-16)11-24/h3-9,12-13,22H,10H2,1-2H3,(H,26,28,29)/t22-/m1/s1. The fourth-order valence-electron chi connectivity index (χ4n) is 3.35. The number of carbonyl (C=O) groups excluding carboxylic acids is 1. The van der Waals surface area contributed by atoms with Gasteiger partial charge in [0.05, 0.1) is 28.7 Å². The molecule has 1 N–H and O–H groups in total. The summed E-state index contributed by atoms with van der Waals surface area (Å²) in [5.74, 6) is 0.0857. The van der Waals surface area contributed by atoms with E-state index in [2.05, 4.69) is 15.3 Å². The van der Waals surface area contributed by atoms with Gasteiger partial charge in [0.15, 0.2) is 0 Å². The third kappa shape index (κ3) is 3.95. The summed E-state index contributed by atoms with van der Waals surface area (Å²) in [7, 11) is 1.63. The largest absolute Gasteiger partial charge is 0.371 e. The number of nitrogens with one attached hydrogen (secondary N) is 1. The lowest BCUT2D eigenvalue weighted by Crippen LogP contribution is -2.16. The topological polar surface area (TPSA) is 100 Å². The molecule has 0 fully saturated rings. The number of rotatable bonds is 5. The molecular formula is C23H19N5O2. The van der Waals surface area contributed by atoms with E-state index >= 15 is 0 Å². The van der Waals surface area contributed by atoms with Crippen LogP contribution in [0.5, 0.6) is 0 Å². The zero-order chi connectivity index (χ0) is 21.1. The lowest BCUT2D eigenvalue weighted by molar-refractivity contribution is 0.102. The van der Waals surface area contributed by atoms with E-state index in [1.54, 1.807) is 37.6 Å². The number of aryl methyl sites for hydroxylation is 1. The summed E-state index contributed by atoms with van der Waals surface area (Å²) < 4.78 is 5.68. The van der Waals surface area contributed by atoms with Crippen LogP contribution in [0.2, 0.25) is 0 Å². The first kappa shape index (κ1) is 19.4. The molecule has 0 aliphatic carbocycles. The van der Waals surface area contributed by atoms with Crippen molar-refractivity contribution in [3.8, 4) is 6.07 Å². The fourth-order valence-corrected chi connectivity index (χ4v) is 3.35. The zero-order valence-corrected chi connectivity index (χ0v) is 16.6. The molecule has 7 heteroatoms. The van der Waals surface area contributed by atoms with Gasteiger partial charge in [-0.3, -0.25) is 14.8 Å². The number of aromatic nitrogens is 2. The minimum Gasteiger partial charge on any atom is -0.371 e. The number of anilines is 1. The maximum Gasteiger partial charge on any atom is 0.256 e. The number of amides is 1. The predicted octanol–water partition coefficient (Wildman–Crippen LogP) is 3.93. The lowest BCUT2D eigenvalue weighted by Gasteiger charge is -2.16. The molecule has 0 radical (unpaired) electrons. The molecular weight excluding hydrogens is 378 g/mol. The number of hydrogen-bond donors (Lipinski definition) is 1. The van der Waals surface area contributed by atoms with Crippen molar-refractivity contribution in [2.45, 2.75) is 19.4 Å². The second-order valence-corrected chi connectivity index (χ2v) is 7.00. The van der Waals surface area contributed by atoms with Crippen LogP contribution in [0.4, 0.5) is 11.5 Å². The molecule has 3 aromatic rings. The summed E-state index contributed by atoms with van der Waals surface area (Å²) >= 11 is 0. The number of aliphatic imine (C=N–C) groups is 1. The quantitative estimate of drug-likeness (QED) is 0.703. The second-order valence-electron chi connectivity index (χ2n) is 7.00. The zero-order valence-electron chi connectivity index (χ0n) is 16.6. The Bertz CT molecular complexity index is 1180. The molecule has 0 saturated carbocycles. The molecule has 1 aliphatic heterocycles. The maximum atomic E-state index is 12.4.